The number of hydrogen-bond acceptors (Lipinski definition) is 2. The van der Waals surface area contributed by atoms with E-state index < -0.39 is 0 Å². The summed E-state index contributed by atoms with van der Waals surface area (Å²) in [6.45, 7) is 0. The van der Waals surface area contributed by atoms with Crippen LogP contribution in [-0.2, 0) is 0 Å². The lowest BCUT2D eigenvalue weighted by Gasteiger charge is -2.27. The van der Waals surface area contributed by atoms with Crippen LogP contribution in [0.4, 0.5) is 17.1 Å². The zero-order valence-corrected chi connectivity index (χ0v) is 30.4. The summed E-state index contributed by atoms with van der Waals surface area (Å²) < 4.78 is 2.58. The maximum atomic E-state index is 2.43. The fourth-order valence-corrected chi connectivity index (χ4v) is 8.93. The number of nitrogens with zero attached hydrogens (tertiary/aromatic N) is 1. The topological polar surface area (TPSA) is 3.24 Å². The molecule has 1 aromatic heterocycles. The predicted molar refractivity (Wildman–Crippen MR) is 233 cm³/mol. The van der Waals surface area contributed by atoms with Crippen LogP contribution < -0.4 is 4.90 Å². The van der Waals surface area contributed by atoms with Gasteiger partial charge in [-0.25, -0.2) is 0 Å². The molecule has 0 aliphatic carbocycles. The first-order valence-electron chi connectivity index (χ1n) is 18.4. The fraction of sp³-hybridized carbons (Fsp3) is 0. The van der Waals surface area contributed by atoms with Gasteiger partial charge in [-0.05, 0) is 116 Å². The van der Waals surface area contributed by atoms with E-state index >= 15 is 0 Å². The molecule has 0 N–H and O–H groups in total. The van der Waals surface area contributed by atoms with Crippen LogP contribution in [0.1, 0.15) is 0 Å². The monoisotopic (exact) mass is 705 g/mol. The molecule has 2 heteroatoms. The van der Waals surface area contributed by atoms with Gasteiger partial charge in [0, 0.05) is 26.8 Å². The highest BCUT2D eigenvalue weighted by molar-refractivity contribution is 7.26. The molecule has 254 valence electrons. The second-order valence-corrected chi connectivity index (χ2v) is 14.8. The Morgan fingerprint density at radius 3 is 1.56 bits per heavy atom. The summed E-state index contributed by atoms with van der Waals surface area (Å²) in [5.74, 6) is 0. The molecule has 10 rings (SSSR count). The highest BCUT2D eigenvalue weighted by Crippen LogP contribution is 2.46. The molecule has 54 heavy (non-hydrogen) atoms. The maximum Gasteiger partial charge on any atom is 0.0640 e. The first-order chi connectivity index (χ1) is 26.7. The van der Waals surface area contributed by atoms with Crippen LogP contribution in [0.15, 0.2) is 212 Å². The van der Waals surface area contributed by atoms with E-state index in [0.717, 1.165) is 11.4 Å². The molecule has 0 bridgehead atoms. The summed E-state index contributed by atoms with van der Waals surface area (Å²) in [6, 6.07) is 77.2. The summed E-state index contributed by atoms with van der Waals surface area (Å²) in [5.41, 5.74) is 13.0. The maximum absolute atomic E-state index is 2.43. The van der Waals surface area contributed by atoms with Crippen LogP contribution in [-0.4, -0.2) is 0 Å². The van der Waals surface area contributed by atoms with Gasteiger partial charge in [-0.1, -0.05) is 152 Å². The van der Waals surface area contributed by atoms with Gasteiger partial charge in [0.15, 0.2) is 0 Å². The zero-order chi connectivity index (χ0) is 35.8. The van der Waals surface area contributed by atoms with Crippen molar-refractivity contribution in [1.82, 2.24) is 0 Å². The molecular weight excluding hydrogens is 671 g/mol. The van der Waals surface area contributed by atoms with Crippen molar-refractivity contribution in [3.8, 4) is 44.5 Å². The molecule has 0 radical (unpaired) electrons. The highest BCUT2D eigenvalue weighted by Gasteiger charge is 2.19. The van der Waals surface area contributed by atoms with Crippen molar-refractivity contribution >= 4 is 59.3 Å². The fourth-order valence-electron chi connectivity index (χ4n) is 7.72. The molecule has 0 atom stereocenters. The van der Waals surface area contributed by atoms with Gasteiger partial charge >= 0.3 is 0 Å². The van der Waals surface area contributed by atoms with E-state index in [1.807, 2.05) is 11.3 Å². The van der Waals surface area contributed by atoms with Gasteiger partial charge in [0.2, 0.25) is 0 Å². The average molecular weight is 706 g/mol. The molecule has 0 amide bonds. The van der Waals surface area contributed by atoms with Crippen molar-refractivity contribution in [2.24, 2.45) is 0 Å². The van der Waals surface area contributed by atoms with Crippen LogP contribution >= 0.6 is 11.3 Å². The molecule has 0 saturated carbocycles. The molecule has 0 aliphatic rings. The van der Waals surface area contributed by atoms with E-state index in [1.165, 1.54) is 81.1 Å². The quantitative estimate of drug-likeness (QED) is 0.160. The summed E-state index contributed by atoms with van der Waals surface area (Å²) in [4.78, 5) is 2.43. The summed E-state index contributed by atoms with van der Waals surface area (Å²) in [6.07, 6.45) is 0. The van der Waals surface area contributed by atoms with Crippen molar-refractivity contribution in [1.29, 1.82) is 0 Å². The third-order valence-corrected chi connectivity index (χ3v) is 11.6. The van der Waals surface area contributed by atoms with Crippen LogP contribution in [0, 0.1) is 0 Å². The molecule has 9 aromatic carbocycles. The Morgan fingerprint density at radius 2 is 0.833 bits per heavy atom. The second kappa shape index (κ2) is 13.7. The van der Waals surface area contributed by atoms with Gasteiger partial charge in [0.05, 0.1) is 10.4 Å². The minimum absolute atomic E-state index is 1.11. The molecule has 10 aromatic rings. The standard InChI is InChI=1S/C52H35NS/c1-3-13-36(14-4-1)43-32-44(37-15-5-2-6-16-37)34-45(33-43)39-27-29-46(30-28-39)53(50-23-12-22-49-48-21-9-10-24-51(48)54-52(49)50)47-20-11-19-41(35-47)42-26-25-38-17-7-8-18-40(38)31-42/h1-35H. The Balaban J connectivity index is 1.12. The SMILES string of the molecule is c1ccc(-c2cc(-c3ccccc3)cc(-c3ccc(N(c4cccc(-c5ccc6ccccc6c5)c4)c4cccc5c4sc4ccccc45)cc3)c2)cc1. The van der Waals surface area contributed by atoms with Crippen LogP contribution in [0.25, 0.3) is 75.5 Å². The van der Waals surface area contributed by atoms with Gasteiger partial charge in [-0.3, -0.25) is 0 Å². The Labute approximate surface area is 319 Å². The van der Waals surface area contributed by atoms with Gasteiger partial charge in [-0.15, -0.1) is 11.3 Å². The molecule has 0 aliphatic heterocycles. The van der Waals surface area contributed by atoms with E-state index in [4.69, 9.17) is 0 Å². The minimum Gasteiger partial charge on any atom is -0.309 e. The lowest BCUT2D eigenvalue weighted by Crippen LogP contribution is -2.10. The van der Waals surface area contributed by atoms with E-state index in [-0.39, 0.29) is 0 Å². The highest BCUT2D eigenvalue weighted by atomic mass is 32.1. The van der Waals surface area contributed by atoms with Crippen molar-refractivity contribution in [2.75, 3.05) is 4.90 Å². The number of benzene rings is 9. The minimum atomic E-state index is 1.11. The molecule has 0 spiro atoms. The Kier molecular flexibility index (Phi) is 8.09. The molecule has 0 fully saturated rings. The Morgan fingerprint density at radius 1 is 0.296 bits per heavy atom. The lowest BCUT2D eigenvalue weighted by molar-refractivity contribution is 1.30. The molecule has 1 heterocycles. The molecule has 1 nitrogen and oxygen atoms in total. The summed E-state index contributed by atoms with van der Waals surface area (Å²) >= 11 is 1.87. The Hall–Kier alpha value is -6.74. The van der Waals surface area contributed by atoms with Gasteiger partial charge in [0.1, 0.15) is 0 Å². The first-order valence-corrected chi connectivity index (χ1v) is 19.2. The number of fused-ring (bicyclic) bond motifs is 4. The zero-order valence-electron chi connectivity index (χ0n) is 29.6. The van der Waals surface area contributed by atoms with Crippen molar-refractivity contribution in [3.05, 3.63) is 212 Å². The molecular formula is C52H35NS. The number of hydrogen-bond donors (Lipinski definition) is 0. The van der Waals surface area contributed by atoms with Crippen LogP contribution in [0.3, 0.4) is 0 Å². The van der Waals surface area contributed by atoms with Gasteiger partial charge in [-0.2, -0.15) is 0 Å². The third kappa shape index (κ3) is 5.93. The smallest absolute Gasteiger partial charge is 0.0640 e. The van der Waals surface area contributed by atoms with Crippen LogP contribution in [0.5, 0.6) is 0 Å². The average Bonchev–Trinajstić information content (AvgIpc) is 3.64. The summed E-state index contributed by atoms with van der Waals surface area (Å²) in [7, 11) is 0. The largest absolute Gasteiger partial charge is 0.309 e. The van der Waals surface area contributed by atoms with E-state index in [2.05, 4.69) is 217 Å². The van der Waals surface area contributed by atoms with Crippen LogP contribution in [0.2, 0.25) is 0 Å². The van der Waals surface area contributed by atoms with Gasteiger partial charge < -0.3 is 4.90 Å². The van der Waals surface area contributed by atoms with Crippen molar-refractivity contribution < 1.29 is 0 Å². The number of thiophene rings is 1. The van der Waals surface area contributed by atoms with Gasteiger partial charge in [0.25, 0.3) is 0 Å². The molecule has 0 saturated heterocycles. The lowest BCUT2D eigenvalue weighted by atomic mass is 9.93. The number of anilines is 3. The van der Waals surface area contributed by atoms with E-state index in [0.29, 0.717) is 0 Å². The number of rotatable bonds is 7. The van der Waals surface area contributed by atoms with Crippen molar-refractivity contribution in [2.45, 2.75) is 0 Å². The molecule has 0 unspecified atom stereocenters. The predicted octanol–water partition coefficient (Wildman–Crippen LogP) is 15.3. The first kappa shape index (κ1) is 32.0. The van der Waals surface area contributed by atoms with E-state index in [1.54, 1.807) is 0 Å². The van der Waals surface area contributed by atoms with Crippen molar-refractivity contribution in [3.63, 3.8) is 0 Å². The Bertz CT molecular complexity index is 2870. The second-order valence-electron chi connectivity index (χ2n) is 13.8. The normalized spacial score (nSPS) is 11.3. The third-order valence-electron chi connectivity index (χ3n) is 10.4. The summed E-state index contributed by atoms with van der Waals surface area (Å²) in [5, 5.41) is 5.08. The van der Waals surface area contributed by atoms with E-state index in [9.17, 15) is 0 Å².